The first-order chi connectivity index (χ1) is 17.5. The average molecular weight is 598 g/mol. The fourth-order valence-corrected chi connectivity index (χ4v) is 6.01. The van der Waals surface area contributed by atoms with Gasteiger partial charge in [0.2, 0.25) is 15.9 Å². The molecule has 1 amide bonds. The summed E-state index contributed by atoms with van der Waals surface area (Å²) >= 11 is 12.3. The molecule has 2 atom stereocenters. The van der Waals surface area contributed by atoms with Gasteiger partial charge in [0.15, 0.2) is 0 Å². The first-order valence-corrected chi connectivity index (χ1v) is 14.4. The molecule has 0 aromatic heterocycles. The smallest absolute Gasteiger partial charge is 0.351 e. The molecule has 1 aliphatic rings. The van der Waals surface area contributed by atoms with E-state index >= 15 is 0 Å². The van der Waals surface area contributed by atoms with Crippen LogP contribution in [0, 0.1) is 5.82 Å². The third kappa shape index (κ3) is 7.18. The molecule has 38 heavy (non-hydrogen) atoms. The third-order valence-electron chi connectivity index (χ3n) is 6.87. The highest BCUT2D eigenvalue weighted by Crippen LogP contribution is 2.34. The minimum Gasteiger partial charge on any atom is -0.351 e. The van der Waals surface area contributed by atoms with E-state index in [4.69, 9.17) is 23.2 Å². The zero-order valence-electron chi connectivity index (χ0n) is 21.1. The Morgan fingerprint density at radius 2 is 1.74 bits per heavy atom. The normalized spacial score (nSPS) is 19.2. The van der Waals surface area contributed by atoms with Crippen molar-refractivity contribution < 1.29 is 30.8 Å². The molecule has 210 valence electrons. The second-order valence-corrected chi connectivity index (χ2v) is 12.5. The molecule has 1 N–H and O–H groups in total. The maximum atomic E-state index is 14.3. The molecule has 13 heteroatoms. The van der Waals surface area contributed by atoms with Gasteiger partial charge in [0.25, 0.3) is 0 Å². The van der Waals surface area contributed by atoms with E-state index in [-0.39, 0.29) is 28.1 Å². The quantitative estimate of drug-likeness (QED) is 0.431. The van der Waals surface area contributed by atoms with E-state index in [9.17, 15) is 30.8 Å². The number of hydrogen-bond acceptors (Lipinski definition) is 4. The maximum absolute atomic E-state index is 14.3. The predicted octanol–water partition coefficient (Wildman–Crippen LogP) is 5.08. The molecule has 2 aromatic carbocycles. The number of hydrogen-bond donors (Lipinski definition) is 1. The van der Waals surface area contributed by atoms with Gasteiger partial charge in [-0.3, -0.25) is 4.79 Å². The Labute approximate surface area is 229 Å². The Balaban J connectivity index is 1.81. The number of rotatable bonds is 8. The summed E-state index contributed by atoms with van der Waals surface area (Å²) in [5.41, 5.74) is -1.99. The highest BCUT2D eigenvalue weighted by Gasteiger charge is 2.38. The van der Waals surface area contributed by atoms with Crippen LogP contribution in [0.25, 0.3) is 0 Å². The fourth-order valence-electron chi connectivity index (χ4n) is 4.58. The van der Waals surface area contributed by atoms with Crippen LogP contribution in [0.2, 0.25) is 10.0 Å². The van der Waals surface area contributed by atoms with Crippen molar-refractivity contribution in [2.75, 3.05) is 32.4 Å². The van der Waals surface area contributed by atoms with Crippen molar-refractivity contribution in [3.8, 4) is 0 Å². The van der Waals surface area contributed by atoms with E-state index in [2.05, 4.69) is 5.32 Å². The molecule has 3 rings (SSSR count). The molecule has 1 saturated heterocycles. The maximum Gasteiger partial charge on any atom is 0.416 e. The SMILES string of the molecule is CC1CN(CCC(C)(C(=O)NCc2cc(C(F)(F)F)ccc2F)c2ccc(Cl)c(Cl)c2)CCN1S(C)(=O)=O. The lowest BCUT2D eigenvalue weighted by atomic mass is 9.78. The molecular weight excluding hydrogens is 569 g/mol. The molecule has 2 unspecified atom stereocenters. The second kappa shape index (κ2) is 11.7. The molecule has 1 aliphatic heterocycles. The first kappa shape index (κ1) is 30.6. The highest BCUT2D eigenvalue weighted by atomic mass is 35.5. The summed E-state index contributed by atoms with van der Waals surface area (Å²) in [7, 11) is -3.34. The molecule has 6 nitrogen and oxygen atoms in total. The largest absolute Gasteiger partial charge is 0.416 e. The number of halogens is 6. The molecule has 0 radical (unpaired) electrons. The van der Waals surface area contributed by atoms with Gasteiger partial charge >= 0.3 is 6.18 Å². The summed E-state index contributed by atoms with van der Waals surface area (Å²) in [6, 6.07) is 6.53. The third-order valence-corrected chi connectivity index (χ3v) is 9.01. The Kier molecular flexibility index (Phi) is 9.41. The second-order valence-electron chi connectivity index (χ2n) is 9.72. The van der Waals surface area contributed by atoms with Crippen LogP contribution in [-0.4, -0.2) is 62.0 Å². The number of amides is 1. The minimum absolute atomic E-state index is 0.225. The number of nitrogens with zero attached hydrogens (tertiary/aromatic N) is 2. The molecule has 0 bridgehead atoms. The molecule has 1 heterocycles. The van der Waals surface area contributed by atoms with Gasteiger partial charge < -0.3 is 10.2 Å². The van der Waals surface area contributed by atoms with Crippen molar-refractivity contribution in [1.29, 1.82) is 0 Å². The van der Waals surface area contributed by atoms with Crippen molar-refractivity contribution >= 4 is 39.1 Å². The van der Waals surface area contributed by atoms with Crippen molar-refractivity contribution in [2.24, 2.45) is 0 Å². The molecular formula is C25H29Cl2F4N3O3S. The number of sulfonamides is 1. The van der Waals surface area contributed by atoms with E-state index in [1.54, 1.807) is 25.1 Å². The van der Waals surface area contributed by atoms with Crippen molar-refractivity contribution in [1.82, 2.24) is 14.5 Å². The Hall–Kier alpha value is -1.92. The molecule has 0 spiro atoms. The summed E-state index contributed by atoms with van der Waals surface area (Å²) in [5.74, 6) is -1.40. The van der Waals surface area contributed by atoms with Gasteiger partial charge in [-0.2, -0.15) is 17.5 Å². The first-order valence-electron chi connectivity index (χ1n) is 11.8. The zero-order chi connectivity index (χ0) is 28.5. The summed E-state index contributed by atoms with van der Waals surface area (Å²) in [6.45, 7) is 4.68. The number of carbonyl (C=O) groups is 1. The molecule has 1 fully saturated rings. The van der Waals surface area contributed by atoms with E-state index in [1.807, 2.05) is 11.8 Å². The van der Waals surface area contributed by atoms with Gasteiger partial charge in [0.05, 0.1) is 27.3 Å². The minimum atomic E-state index is -4.65. The molecule has 0 saturated carbocycles. The Morgan fingerprint density at radius 3 is 2.32 bits per heavy atom. The van der Waals surface area contributed by atoms with Gasteiger partial charge in [-0.15, -0.1) is 0 Å². The predicted molar refractivity (Wildman–Crippen MR) is 139 cm³/mol. The summed E-state index contributed by atoms with van der Waals surface area (Å²) in [6.07, 6.45) is -3.22. The summed E-state index contributed by atoms with van der Waals surface area (Å²) in [4.78, 5) is 15.6. The fraction of sp³-hybridized carbons (Fsp3) is 0.480. The summed E-state index contributed by atoms with van der Waals surface area (Å²) in [5, 5.41) is 3.10. The van der Waals surface area contributed by atoms with Crippen LogP contribution in [0.15, 0.2) is 36.4 Å². The van der Waals surface area contributed by atoms with Gasteiger partial charge in [-0.05, 0) is 62.7 Å². The topological polar surface area (TPSA) is 69.7 Å². The van der Waals surface area contributed by atoms with E-state index in [0.29, 0.717) is 43.9 Å². The van der Waals surface area contributed by atoms with Crippen LogP contribution in [0.1, 0.15) is 37.0 Å². The lowest BCUT2D eigenvalue weighted by molar-refractivity contribution is -0.137. The van der Waals surface area contributed by atoms with Crippen molar-refractivity contribution in [2.45, 2.75) is 44.4 Å². The number of nitrogens with one attached hydrogen (secondary N) is 1. The zero-order valence-corrected chi connectivity index (χ0v) is 23.4. The molecule has 2 aromatic rings. The van der Waals surface area contributed by atoms with Crippen molar-refractivity contribution in [3.05, 3.63) is 69.0 Å². The number of piperazine rings is 1. The highest BCUT2D eigenvalue weighted by molar-refractivity contribution is 7.88. The van der Waals surface area contributed by atoms with Crippen LogP contribution in [0.3, 0.4) is 0 Å². The van der Waals surface area contributed by atoms with Crippen LogP contribution >= 0.6 is 23.2 Å². The van der Waals surface area contributed by atoms with E-state index in [0.717, 1.165) is 12.3 Å². The van der Waals surface area contributed by atoms with Gasteiger partial charge in [0.1, 0.15) is 5.82 Å². The number of carbonyl (C=O) groups excluding carboxylic acids is 1. The van der Waals surface area contributed by atoms with Gasteiger partial charge in [-0.25, -0.2) is 12.8 Å². The average Bonchev–Trinajstić information content (AvgIpc) is 2.82. The van der Waals surface area contributed by atoms with Gasteiger partial charge in [-0.1, -0.05) is 29.3 Å². The monoisotopic (exact) mass is 597 g/mol. The van der Waals surface area contributed by atoms with E-state index in [1.165, 1.54) is 4.31 Å². The van der Waals surface area contributed by atoms with E-state index < -0.39 is 45.4 Å². The number of alkyl halides is 3. The lowest BCUT2D eigenvalue weighted by Crippen LogP contribution is -2.54. The molecule has 0 aliphatic carbocycles. The number of benzene rings is 2. The van der Waals surface area contributed by atoms with Crippen LogP contribution in [0.5, 0.6) is 0 Å². The Bertz CT molecular complexity index is 1290. The van der Waals surface area contributed by atoms with Gasteiger partial charge in [0, 0.05) is 37.8 Å². The lowest BCUT2D eigenvalue weighted by Gasteiger charge is -2.40. The van der Waals surface area contributed by atoms with Crippen LogP contribution < -0.4 is 5.32 Å². The summed E-state index contributed by atoms with van der Waals surface area (Å²) < 4.78 is 79.0. The van der Waals surface area contributed by atoms with Crippen molar-refractivity contribution in [3.63, 3.8) is 0 Å². The standard InChI is InChI=1S/C25H29Cl2F4N3O3S/c1-16-15-33(10-11-34(16)38(3,36)37)9-8-24(2,18-4-6-20(26)21(27)13-18)23(35)32-14-17-12-19(25(29,30)31)5-7-22(17)28/h4-7,12-13,16H,8-11,14-15H2,1-3H3,(H,32,35). The Morgan fingerprint density at radius 1 is 1.08 bits per heavy atom. The van der Waals surface area contributed by atoms with Crippen LogP contribution in [-0.2, 0) is 33.0 Å². The van der Waals surface area contributed by atoms with Crippen LogP contribution in [0.4, 0.5) is 17.6 Å².